The Morgan fingerprint density at radius 2 is 2.20 bits per heavy atom. The van der Waals surface area contributed by atoms with Crippen LogP contribution in [0.2, 0.25) is 0 Å². The van der Waals surface area contributed by atoms with Crippen LogP contribution in [-0.4, -0.2) is 43.8 Å². The van der Waals surface area contributed by atoms with Gasteiger partial charge in [-0.15, -0.1) is 0 Å². The molecular weight excluding hydrogens is 262 g/mol. The van der Waals surface area contributed by atoms with E-state index in [-0.39, 0.29) is 17.7 Å². The number of anilines is 1. The van der Waals surface area contributed by atoms with Crippen LogP contribution in [0.1, 0.15) is 24.3 Å². The number of nitrogens with one attached hydrogen (secondary N) is 1. The van der Waals surface area contributed by atoms with Crippen LogP contribution in [0.3, 0.4) is 0 Å². The van der Waals surface area contributed by atoms with Gasteiger partial charge in [0.1, 0.15) is 5.69 Å². The maximum atomic E-state index is 11.0. The number of amides is 1. The zero-order chi connectivity index (χ0) is 14.5. The third kappa shape index (κ3) is 2.99. The van der Waals surface area contributed by atoms with Crippen molar-refractivity contribution in [2.45, 2.75) is 13.8 Å². The molecule has 9 heteroatoms. The first-order valence-electron chi connectivity index (χ1n) is 6.12. The summed E-state index contributed by atoms with van der Waals surface area (Å²) in [5.41, 5.74) is 5.29. The molecular formula is C11H15N7O2. The lowest BCUT2D eigenvalue weighted by atomic mass is 10.4. The number of rotatable bonds is 6. The van der Waals surface area contributed by atoms with E-state index in [4.69, 9.17) is 10.5 Å². The predicted octanol–water partition coefficient (Wildman–Crippen LogP) is -0.0133. The first-order valence-corrected chi connectivity index (χ1v) is 6.12. The average molecular weight is 277 g/mol. The number of hydrogen-bond acceptors (Lipinski definition) is 7. The van der Waals surface area contributed by atoms with Crippen LogP contribution in [0.25, 0.3) is 5.95 Å². The quantitative estimate of drug-likeness (QED) is 0.761. The fourth-order valence-electron chi connectivity index (χ4n) is 1.45. The summed E-state index contributed by atoms with van der Waals surface area (Å²) in [6.07, 6.45) is 1.54. The van der Waals surface area contributed by atoms with Crippen LogP contribution < -0.4 is 15.8 Å². The summed E-state index contributed by atoms with van der Waals surface area (Å²) in [5.74, 6) is -0.00119. The molecule has 0 aliphatic carbocycles. The van der Waals surface area contributed by atoms with E-state index in [1.165, 1.54) is 10.7 Å². The summed E-state index contributed by atoms with van der Waals surface area (Å²) in [7, 11) is 0. The van der Waals surface area contributed by atoms with E-state index in [9.17, 15) is 4.79 Å². The van der Waals surface area contributed by atoms with Crippen LogP contribution >= 0.6 is 0 Å². The molecule has 20 heavy (non-hydrogen) atoms. The molecule has 0 aromatic carbocycles. The summed E-state index contributed by atoms with van der Waals surface area (Å²) in [5, 5.41) is 6.96. The lowest BCUT2D eigenvalue weighted by Crippen LogP contribution is -2.14. The number of aromatic nitrogens is 5. The van der Waals surface area contributed by atoms with E-state index in [1.54, 1.807) is 6.20 Å². The number of hydrogen-bond donors (Lipinski definition) is 2. The lowest BCUT2D eigenvalue weighted by molar-refractivity contribution is 0.0995. The van der Waals surface area contributed by atoms with Crippen molar-refractivity contribution < 1.29 is 9.53 Å². The predicted molar refractivity (Wildman–Crippen MR) is 70.8 cm³/mol. The lowest BCUT2D eigenvalue weighted by Gasteiger charge is -2.07. The average Bonchev–Trinajstić information content (AvgIpc) is 2.89. The Kier molecular flexibility index (Phi) is 4.08. The zero-order valence-corrected chi connectivity index (χ0v) is 11.2. The minimum Gasteiger partial charge on any atom is -0.464 e. The van der Waals surface area contributed by atoms with Gasteiger partial charge in [-0.25, -0.2) is 4.68 Å². The summed E-state index contributed by atoms with van der Waals surface area (Å²) >= 11 is 0. The molecule has 2 aromatic heterocycles. The Morgan fingerprint density at radius 1 is 1.40 bits per heavy atom. The molecule has 0 aliphatic heterocycles. The number of nitrogens with zero attached hydrogens (tertiary/aromatic N) is 5. The van der Waals surface area contributed by atoms with Crippen molar-refractivity contribution in [3.8, 4) is 12.0 Å². The molecule has 3 N–H and O–H groups in total. The highest BCUT2D eigenvalue weighted by Crippen LogP contribution is 2.11. The highest BCUT2D eigenvalue weighted by molar-refractivity contribution is 5.90. The molecule has 9 nitrogen and oxygen atoms in total. The minimum absolute atomic E-state index is 0.133. The molecule has 0 fully saturated rings. The molecule has 0 spiro atoms. The smallest absolute Gasteiger partial charge is 0.323 e. The van der Waals surface area contributed by atoms with Gasteiger partial charge < -0.3 is 15.8 Å². The van der Waals surface area contributed by atoms with Crippen LogP contribution in [0.5, 0.6) is 6.01 Å². The van der Waals surface area contributed by atoms with Crippen molar-refractivity contribution in [2.75, 3.05) is 18.5 Å². The first-order chi connectivity index (χ1) is 9.63. The maximum absolute atomic E-state index is 11.0. The SMILES string of the molecule is CCNc1nc(OCC)nc(-n2ccc(C(N)=O)n2)n1. The van der Waals surface area contributed by atoms with Crippen molar-refractivity contribution in [3.05, 3.63) is 18.0 Å². The van der Waals surface area contributed by atoms with Gasteiger partial charge in [0.05, 0.1) is 6.61 Å². The fraction of sp³-hybridized carbons (Fsp3) is 0.364. The molecule has 0 radical (unpaired) electrons. The van der Waals surface area contributed by atoms with Gasteiger partial charge in [-0.1, -0.05) is 0 Å². The van der Waals surface area contributed by atoms with Gasteiger partial charge in [0.15, 0.2) is 0 Å². The molecule has 2 rings (SSSR count). The van der Waals surface area contributed by atoms with E-state index < -0.39 is 5.91 Å². The van der Waals surface area contributed by atoms with Crippen molar-refractivity contribution in [1.82, 2.24) is 24.7 Å². The maximum Gasteiger partial charge on any atom is 0.323 e. The summed E-state index contributed by atoms with van der Waals surface area (Å²) < 4.78 is 6.61. The summed E-state index contributed by atoms with van der Waals surface area (Å²) in [6.45, 7) is 4.83. The fourth-order valence-corrected chi connectivity index (χ4v) is 1.45. The highest BCUT2D eigenvalue weighted by Gasteiger charge is 2.11. The number of primary amides is 1. The van der Waals surface area contributed by atoms with E-state index in [0.29, 0.717) is 19.1 Å². The van der Waals surface area contributed by atoms with Gasteiger partial charge >= 0.3 is 6.01 Å². The van der Waals surface area contributed by atoms with E-state index >= 15 is 0 Å². The Bertz CT molecular complexity index is 586. The molecule has 106 valence electrons. The van der Waals surface area contributed by atoms with Gasteiger partial charge in [0.2, 0.25) is 5.95 Å². The molecule has 0 bridgehead atoms. The van der Waals surface area contributed by atoms with Gasteiger partial charge in [-0.3, -0.25) is 4.79 Å². The Labute approximate surface area is 115 Å². The second-order valence-corrected chi connectivity index (χ2v) is 3.71. The summed E-state index contributed by atoms with van der Waals surface area (Å²) in [6, 6.07) is 1.67. The molecule has 0 atom stereocenters. The number of carbonyl (C=O) groups excluding carboxylic acids is 1. The zero-order valence-electron chi connectivity index (χ0n) is 11.2. The standard InChI is InChI=1S/C11H15N7O2/c1-3-13-9-14-10(16-11(15-9)20-4-2)18-6-5-7(17-18)8(12)19/h5-6H,3-4H2,1-2H3,(H2,12,19)(H,13,14,15,16). The van der Waals surface area contributed by atoms with Crippen LogP contribution in [0.15, 0.2) is 12.3 Å². The Hall–Kier alpha value is -2.71. The van der Waals surface area contributed by atoms with Crippen molar-refractivity contribution >= 4 is 11.9 Å². The second kappa shape index (κ2) is 5.95. The van der Waals surface area contributed by atoms with Gasteiger partial charge in [-0.2, -0.15) is 20.1 Å². The van der Waals surface area contributed by atoms with E-state index in [1.807, 2.05) is 13.8 Å². The van der Waals surface area contributed by atoms with Gasteiger partial charge in [0, 0.05) is 12.7 Å². The summed E-state index contributed by atoms with van der Waals surface area (Å²) in [4.78, 5) is 23.4. The molecule has 0 saturated carbocycles. The van der Waals surface area contributed by atoms with Crippen LogP contribution in [-0.2, 0) is 0 Å². The van der Waals surface area contributed by atoms with Crippen molar-refractivity contribution in [2.24, 2.45) is 5.73 Å². The second-order valence-electron chi connectivity index (χ2n) is 3.71. The topological polar surface area (TPSA) is 121 Å². The molecule has 2 aromatic rings. The Morgan fingerprint density at radius 3 is 2.80 bits per heavy atom. The first kappa shape index (κ1) is 13.7. The minimum atomic E-state index is -0.616. The number of ether oxygens (including phenoxy) is 1. The molecule has 0 unspecified atom stereocenters. The van der Waals surface area contributed by atoms with Gasteiger partial charge in [-0.05, 0) is 19.9 Å². The molecule has 1 amide bonds. The third-order valence-corrected chi connectivity index (χ3v) is 2.26. The molecule has 2 heterocycles. The molecule has 0 saturated heterocycles. The monoisotopic (exact) mass is 277 g/mol. The van der Waals surface area contributed by atoms with E-state index in [2.05, 4.69) is 25.4 Å². The van der Waals surface area contributed by atoms with Crippen molar-refractivity contribution in [3.63, 3.8) is 0 Å². The third-order valence-electron chi connectivity index (χ3n) is 2.26. The largest absolute Gasteiger partial charge is 0.464 e. The van der Waals surface area contributed by atoms with Crippen LogP contribution in [0.4, 0.5) is 5.95 Å². The number of nitrogens with two attached hydrogens (primary N) is 1. The number of carbonyl (C=O) groups is 1. The van der Waals surface area contributed by atoms with Crippen LogP contribution in [0, 0.1) is 0 Å². The highest BCUT2D eigenvalue weighted by atomic mass is 16.5. The Balaban J connectivity index is 2.39. The normalized spacial score (nSPS) is 10.3. The van der Waals surface area contributed by atoms with E-state index in [0.717, 1.165) is 0 Å². The van der Waals surface area contributed by atoms with Gasteiger partial charge in [0.25, 0.3) is 11.9 Å². The van der Waals surface area contributed by atoms with Crippen molar-refractivity contribution in [1.29, 1.82) is 0 Å². The molecule has 0 aliphatic rings.